The summed E-state index contributed by atoms with van der Waals surface area (Å²) in [5, 5.41) is 0. The van der Waals surface area contributed by atoms with Gasteiger partial charge in [-0.1, -0.05) is 37.6 Å². The molecule has 0 aromatic rings. The summed E-state index contributed by atoms with van der Waals surface area (Å²) in [5.41, 5.74) is 3.64. The summed E-state index contributed by atoms with van der Waals surface area (Å²) in [7, 11) is 0. The summed E-state index contributed by atoms with van der Waals surface area (Å²) in [4.78, 5) is 0. The lowest BCUT2D eigenvalue weighted by molar-refractivity contribution is 0.161. The Hall–Kier alpha value is -0.520. The highest BCUT2D eigenvalue weighted by atomic mass is 14.4. The first kappa shape index (κ1) is 11.0. The predicted octanol–water partition coefficient (Wildman–Crippen LogP) is 4.73. The van der Waals surface area contributed by atoms with Gasteiger partial charge in [0, 0.05) is 0 Å². The highest BCUT2D eigenvalue weighted by Crippen LogP contribution is 2.52. The van der Waals surface area contributed by atoms with Gasteiger partial charge in [-0.05, 0) is 56.3 Å². The smallest absolute Gasteiger partial charge is 0.00902 e. The Balaban J connectivity index is 2.21. The third kappa shape index (κ3) is 1.79. The Morgan fingerprint density at radius 2 is 2.20 bits per heavy atom. The topological polar surface area (TPSA) is 0 Å². The van der Waals surface area contributed by atoms with Crippen molar-refractivity contribution in [2.75, 3.05) is 0 Å². The average molecular weight is 204 g/mol. The molecule has 0 N–H and O–H groups in total. The molecule has 0 amide bonds. The van der Waals surface area contributed by atoms with Gasteiger partial charge in [-0.15, -0.1) is 0 Å². The van der Waals surface area contributed by atoms with Crippen molar-refractivity contribution in [3.8, 4) is 0 Å². The molecule has 3 atom stereocenters. The SMILES string of the molecule is C=C(C)C1CCC2(C)C(=CCCC2C)C1. The van der Waals surface area contributed by atoms with Crippen LogP contribution in [0.4, 0.5) is 0 Å². The number of hydrogen-bond donors (Lipinski definition) is 0. The standard InChI is InChI=1S/C15H24/c1-11(2)13-8-9-15(4)12(3)6-5-7-14(15)10-13/h7,12-13H,1,5-6,8-10H2,2-4H3. The van der Waals surface area contributed by atoms with E-state index in [-0.39, 0.29) is 0 Å². The van der Waals surface area contributed by atoms with E-state index in [9.17, 15) is 0 Å². The maximum atomic E-state index is 4.13. The minimum Gasteiger partial charge on any atom is -0.0998 e. The van der Waals surface area contributed by atoms with Crippen LogP contribution in [0.1, 0.15) is 52.9 Å². The molecule has 84 valence electrons. The monoisotopic (exact) mass is 204 g/mol. The van der Waals surface area contributed by atoms with E-state index in [0.717, 1.165) is 11.8 Å². The molecule has 0 nitrogen and oxygen atoms in total. The van der Waals surface area contributed by atoms with Gasteiger partial charge in [0.05, 0.1) is 0 Å². The first-order valence-electron chi connectivity index (χ1n) is 6.39. The fraction of sp³-hybridized carbons (Fsp3) is 0.733. The Bertz CT molecular complexity index is 297. The van der Waals surface area contributed by atoms with Crippen LogP contribution in [0, 0.1) is 17.3 Å². The van der Waals surface area contributed by atoms with Gasteiger partial charge in [0.1, 0.15) is 0 Å². The number of rotatable bonds is 1. The second-order valence-electron chi connectivity index (χ2n) is 5.91. The van der Waals surface area contributed by atoms with Crippen LogP contribution < -0.4 is 0 Å². The highest BCUT2D eigenvalue weighted by Gasteiger charge is 2.40. The van der Waals surface area contributed by atoms with Gasteiger partial charge in [-0.25, -0.2) is 0 Å². The van der Waals surface area contributed by atoms with Crippen molar-refractivity contribution in [3.05, 3.63) is 23.8 Å². The van der Waals surface area contributed by atoms with Crippen LogP contribution >= 0.6 is 0 Å². The first-order valence-corrected chi connectivity index (χ1v) is 6.39. The maximum Gasteiger partial charge on any atom is -0.00902 e. The summed E-state index contributed by atoms with van der Waals surface area (Å²) in [5.74, 6) is 1.64. The van der Waals surface area contributed by atoms with Crippen molar-refractivity contribution >= 4 is 0 Å². The molecule has 0 radical (unpaired) electrons. The van der Waals surface area contributed by atoms with Crippen molar-refractivity contribution in [2.45, 2.75) is 52.9 Å². The van der Waals surface area contributed by atoms with Crippen LogP contribution in [0.5, 0.6) is 0 Å². The van der Waals surface area contributed by atoms with E-state index in [4.69, 9.17) is 0 Å². The molecule has 2 aliphatic rings. The zero-order valence-electron chi connectivity index (χ0n) is 10.5. The van der Waals surface area contributed by atoms with Crippen LogP contribution in [0.25, 0.3) is 0 Å². The second kappa shape index (κ2) is 3.81. The molecule has 0 bridgehead atoms. The van der Waals surface area contributed by atoms with Gasteiger partial charge < -0.3 is 0 Å². The molecule has 0 saturated heterocycles. The fourth-order valence-corrected chi connectivity index (χ4v) is 3.36. The fourth-order valence-electron chi connectivity index (χ4n) is 3.36. The van der Waals surface area contributed by atoms with Crippen molar-refractivity contribution in [1.82, 2.24) is 0 Å². The molecule has 2 rings (SSSR count). The number of allylic oxidation sites excluding steroid dienone is 3. The lowest BCUT2D eigenvalue weighted by Crippen LogP contribution is -2.35. The molecule has 0 aromatic carbocycles. The summed E-state index contributed by atoms with van der Waals surface area (Å²) in [6.07, 6.45) is 9.23. The molecule has 0 heteroatoms. The van der Waals surface area contributed by atoms with Gasteiger partial charge in [0.2, 0.25) is 0 Å². The minimum atomic E-state index is 0.518. The molecule has 0 aromatic heterocycles. The lowest BCUT2D eigenvalue weighted by Gasteiger charge is -2.47. The molecule has 3 unspecified atom stereocenters. The Morgan fingerprint density at radius 3 is 2.87 bits per heavy atom. The molecule has 1 fully saturated rings. The van der Waals surface area contributed by atoms with Gasteiger partial charge in [0.25, 0.3) is 0 Å². The van der Waals surface area contributed by atoms with Crippen molar-refractivity contribution < 1.29 is 0 Å². The summed E-state index contributed by atoms with van der Waals surface area (Å²) < 4.78 is 0. The molecule has 15 heavy (non-hydrogen) atoms. The van der Waals surface area contributed by atoms with Crippen molar-refractivity contribution in [1.29, 1.82) is 0 Å². The van der Waals surface area contributed by atoms with E-state index in [2.05, 4.69) is 33.4 Å². The summed E-state index contributed by atoms with van der Waals surface area (Å²) >= 11 is 0. The third-order valence-electron chi connectivity index (χ3n) is 4.99. The molecule has 0 aliphatic heterocycles. The third-order valence-corrected chi connectivity index (χ3v) is 4.99. The van der Waals surface area contributed by atoms with Crippen LogP contribution in [0.3, 0.4) is 0 Å². The zero-order valence-corrected chi connectivity index (χ0v) is 10.5. The second-order valence-corrected chi connectivity index (χ2v) is 5.91. The van der Waals surface area contributed by atoms with Gasteiger partial charge in [0.15, 0.2) is 0 Å². The van der Waals surface area contributed by atoms with E-state index in [0.29, 0.717) is 5.41 Å². The molecule has 2 aliphatic carbocycles. The largest absolute Gasteiger partial charge is 0.0998 e. The van der Waals surface area contributed by atoms with Crippen LogP contribution in [0.2, 0.25) is 0 Å². The molecule has 1 saturated carbocycles. The van der Waals surface area contributed by atoms with Gasteiger partial charge in [-0.2, -0.15) is 0 Å². The number of hydrogen-bond acceptors (Lipinski definition) is 0. The van der Waals surface area contributed by atoms with E-state index in [1.807, 2.05) is 0 Å². The molecular weight excluding hydrogens is 180 g/mol. The Morgan fingerprint density at radius 1 is 1.47 bits per heavy atom. The average Bonchev–Trinajstić information content (AvgIpc) is 2.19. The zero-order chi connectivity index (χ0) is 11.1. The van der Waals surface area contributed by atoms with E-state index >= 15 is 0 Å². The molecular formula is C15H24. The van der Waals surface area contributed by atoms with Crippen molar-refractivity contribution in [3.63, 3.8) is 0 Å². The number of fused-ring (bicyclic) bond motifs is 1. The van der Waals surface area contributed by atoms with Crippen LogP contribution in [0.15, 0.2) is 23.8 Å². The summed E-state index contributed by atoms with van der Waals surface area (Å²) in [6.45, 7) is 11.2. The van der Waals surface area contributed by atoms with E-state index in [1.54, 1.807) is 5.57 Å². The maximum absolute atomic E-state index is 4.13. The van der Waals surface area contributed by atoms with Crippen LogP contribution in [-0.4, -0.2) is 0 Å². The van der Waals surface area contributed by atoms with E-state index in [1.165, 1.54) is 37.7 Å². The molecule has 0 spiro atoms. The molecule has 0 heterocycles. The lowest BCUT2D eigenvalue weighted by atomic mass is 9.58. The van der Waals surface area contributed by atoms with Gasteiger partial charge >= 0.3 is 0 Å². The predicted molar refractivity (Wildman–Crippen MR) is 66.7 cm³/mol. The minimum absolute atomic E-state index is 0.518. The Kier molecular flexibility index (Phi) is 2.79. The highest BCUT2D eigenvalue weighted by molar-refractivity contribution is 5.23. The van der Waals surface area contributed by atoms with Crippen LogP contribution in [-0.2, 0) is 0 Å². The normalized spacial score (nSPS) is 40.6. The van der Waals surface area contributed by atoms with Gasteiger partial charge in [-0.3, -0.25) is 0 Å². The quantitative estimate of drug-likeness (QED) is 0.542. The first-order chi connectivity index (χ1) is 7.04. The summed E-state index contributed by atoms with van der Waals surface area (Å²) in [6, 6.07) is 0. The van der Waals surface area contributed by atoms with E-state index < -0.39 is 0 Å². The van der Waals surface area contributed by atoms with Crippen molar-refractivity contribution in [2.24, 2.45) is 17.3 Å². The Labute approximate surface area is 94.5 Å².